The fourth-order valence-electron chi connectivity index (χ4n) is 1.57. The van der Waals surface area contributed by atoms with E-state index in [2.05, 4.69) is 0 Å². The second-order valence-corrected chi connectivity index (χ2v) is 3.60. The smallest absolute Gasteiger partial charge is 0.302 e. The molecule has 1 aromatic carbocycles. The molecule has 0 bridgehead atoms. The number of rotatable bonds is 3. The molecule has 1 fully saturated rings. The van der Waals surface area contributed by atoms with Gasteiger partial charge in [-0.25, -0.2) is 0 Å². The number of ether oxygens (including phenoxy) is 3. The summed E-state index contributed by atoms with van der Waals surface area (Å²) >= 11 is 0. The van der Waals surface area contributed by atoms with Crippen molar-refractivity contribution in [2.45, 2.75) is 19.3 Å². The molecule has 4 heteroatoms. The Morgan fingerprint density at radius 2 is 2.19 bits per heavy atom. The Balaban J connectivity index is 1.86. The zero-order valence-corrected chi connectivity index (χ0v) is 9.09. The van der Waals surface area contributed by atoms with Crippen molar-refractivity contribution in [3.05, 3.63) is 35.9 Å². The Bertz CT molecular complexity index is 349. The second-order valence-electron chi connectivity index (χ2n) is 3.60. The molecule has 0 aromatic heterocycles. The Kier molecular flexibility index (Phi) is 3.54. The summed E-state index contributed by atoms with van der Waals surface area (Å²) in [5.74, 6) is -0.324. The van der Waals surface area contributed by atoms with Crippen LogP contribution in [0, 0.1) is 0 Å². The summed E-state index contributed by atoms with van der Waals surface area (Å²) < 4.78 is 15.8. The average Bonchev–Trinajstić information content (AvgIpc) is 2.76. The summed E-state index contributed by atoms with van der Waals surface area (Å²) in [4.78, 5) is 10.6. The maximum absolute atomic E-state index is 10.6. The first kappa shape index (κ1) is 11.1. The average molecular weight is 222 g/mol. The van der Waals surface area contributed by atoms with Gasteiger partial charge < -0.3 is 14.2 Å². The third kappa shape index (κ3) is 2.81. The fraction of sp³-hybridized carbons (Fsp3) is 0.417. The van der Waals surface area contributed by atoms with Crippen LogP contribution in [0.4, 0.5) is 0 Å². The lowest BCUT2D eigenvalue weighted by Crippen LogP contribution is -2.18. The summed E-state index contributed by atoms with van der Waals surface area (Å²) in [6.45, 7) is 2.01. The van der Waals surface area contributed by atoms with Crippen molar-refractivity contribution in [3.63, 3.8) is 0 Å². The van der Waals surface area contributed by atoms with Gasteiger partial charge in [0.1, 0.15) is 12.7 Å². The number of benzene rings is 1. The normalized spacial score (nSPS) is 24.3. The molecule has 16 heavy (non-hydrogen) atoms. The maximum Gasteiger partial charge on any atom is 0.302 e. The van der Waals surface area contributed by atoms with Crippen LogP contribution in [0.1, 0.15) is 18.6 Å². The van der Waals surface area contributed by atoms with Gasteiger partial charge in [0, 0.05) is 6.92 Å². The number of carbonyl (C=O) groups excluding carboxylic acids is 1. The van der Waals surface area contributed by atoms with Crippen molar-refractivity contribution in [2.75, 3.05) is 13.2 Å². The molecule has 4 nitrogen and oxygen atoms in total. The molecule has 0 radical (unpaired) electrons. The highest BCUT2D eigenvalue weighted by molar-refractivity contribution is 5.65. The lowest BCUT2D eigenvalue weighted by atomic mass is 10.1. The van der Waals surface area contributed by atoms with E-state index < -0.39 is 6.29 Å². The zero-order valence-electron chi connectivity index (χ0n) is 9.09. The van der Waals surface area contributed by atoms with E-state index in [1.165, 1.54) is 6.92 Å². The van der Waals surface area contributed by atoms with Crippen LogP contribution >= 0.6 is 0 Å². The minimum absolute atomic E-state index is 0.0678. The SMILES string of the molecule is CC(=O)OCC1OCC(c2ccccc2)O1. The lowest BCUT2D eigenvalue weighted by Gasteiger charge is -2.11. The third-order valence-corrected chi connectivity index (χ3v) is 2.34. The van der Waals surface area contributed by atoms with E-state index in [0.29, 0.717) is 6.61 Å². The summed E-state index contributed by atoms with van der Waals surface area (Å²) in [6.07, 6.45) is -0.518. The first-order chi connectivity index (χ1) is 7.75. The van der Waals surface area contributed by atoms with Crippen LogP contribution in [0.2, 0.25) is 0 Å². The van der Waals surface area contributed by atoms with Crippen LogP contribution in [0.3, 0.4) is 0 Å². The van der Waals surface area contributed by atoms with Crippen LogP contribution in [0.25, 0.3) is 0 Å². The molecule has 86 valence electrons. The number of hydrogen-bond acceptors (Lipinski definition) is 4. The van der Waals surface area contributed by atoms with E-state index in [-0.39, 0.29) is 18.7 Å². The molecular formula is C12H14O4. The predicted molar refractivity (Wildman–Crippen MR) is 56.6 cm³/mol. The van der Waals surface area contributed by atoms with E-state index in [1.807, 2.05) is 30.3 Å². The molecule has 2 unspecified atom stereocenters. The van der Waals surface area contributed by atoms with Crippen molar-refractivity contribution >= 4 is 5.97 Å². The quantitative estimate of drug-likeness (QED) is 0.730. The fourth-order valence-corrected chi connectivity index (χ4v) is 1.57. The van der Waals surface area contributed by atoms with Gasteiger partial charge in [-0.2, -0.15) is 0 Å². The van der Waals surface area contributed by atoms with Crippen molar-refractivity contribution in [3.8, 4) is 0 Å². The van der Waals surface area contributed by atoms with E-state index in [9.17, 15) is 4.79 Å². The molecule has 1 aliphatic heterocycles. The molecule has 1 saturated heterocycles. The van der Waals surface area contributed by atoms with Gasteiger partial charge >= 0.3 is 5.97 Å². The number of esters is 1. The van der Waals surface area contributed by atoms with Gasteiger partial charge in [-0.05, 0) is 5.56 Å². The van der Waals surface area contributed by atoms with Crippen molar-refractivity contribution in [1.29, 1.82) is 0 Å². The molecule has 0 spiro atoms. The first-order valence-corrected chi connectivity index (χ1v) is 5.21. The van der Waals surface area contributed by atoms with Gasteiger partial charge in [0.05, 0.1) is 6.61 Å². The standard InChI is InChI=1S/C12H14O4/c1-9(13)14-8-12-15-7-11(16-12)10-5-3-2-4-6-10/h2-6,11-12H,7-8H2,1H3. The molecule has 1 heterocycles. The Morgan fingerprint density at radius 1 is 1.44 bits per heavy atom. The Hall–Kier alpha value is -1.39. The minimum Gasteiger partial charge on any atom is -0.460 e. The van der Waals surface area contributed by atoms with Crippen molar-refractivity contribution < 1.29 is 19.0 Å². The summed E-state index contributed by atoms with van der Waals surface area (Å²) in [5.41, 5.74) is 1.08. The van der Waals surface area contributed by atoms with E-state index >= 15 is 0 Å². The van der Waals surface area contributed by atoms with Crippen LogP contribution in [-0.2, 0) is 19.0 Å². The monoisotopic (exact) mass is 222 g/mol. The second kappa shape index (κ2) is 5.09. The summed E-state index contributed by atoms with van der Waals surface area (Å²) in [7, 11) is 0. The molecule has 2 atom stereocenters. The van der Waals surface area contributed by atoms with Crippen molar-refractivity contribution in [1.82, 2.24) is 0 Å². The van der Waals surface area contributed by atoms with Gasteiger partial charge in [0.25, 0.3) is 0 Å². The van der Waals surface area contributed by atoms with Crippen LogP contribution in [0.15, 0.2) is 30.3 Å². The first-order valence-electron chi connectivity index (χ1n) is 5.21. The van der Waals surface area contributed by atoms with Gasteiger partial charge in [-0.15, -0.1) is 0 Å². The topological polar surface area (TPSA) is 44.8 Å². The Labute approximate surface area is 94.1 Å². The highest BCUT2D eigenvalue weighted by atomic mass is 16.7. The molecule has 2 rings (SSSR count). The number of carbonyl (C=O) groups is 1. The molecule has 1 aliphatic rings. The molecule has 0 amide bonds. The molecule has 0 N–H and O–H groups in total. The van der Waals surface area contributed by atoms with Gasteiger partial charge in [-0.3, -0.25) is 4.79 Å². The minimum atomic E-state index is -0.450. The van der Waals surface area contributed by atoms with Gasteiger partial charge in [-0.1, -0.05) is 30.3 Å². The van der Waals surface area contributed by atoms with Crippen LogP contribution in [-0.4, -0.2) is 25.5 Å². The van der Waals surface area contributed by atoms with Crippen molar-refractivity contribution in [2.24, 2.45) is 0 Å². The van der Waals surface area contributed by atoms with Gasteiger partial charge in [0.15, 0.2) is 6.29 Å². The largest absolute Gasteiger partial charge is 0.460 e. The molecule has 1 aromatic rings. The molecular weight excluding hydrogens is 208 g/mol. The zero-order chi connectivity index (χ0) is 11.4. The van der Waals surface area contributed by atoms with Crippen LogP contribution in [0.5, 0.6) is 0 Å². The predicted octanol–water partition coefficient (Wildman–Crippen LogP) is 1.66. The van der Waals surface area contributed by atoms with Crippen LogP contribution < -0.4 is 0 Å². The van der Waals surface area contributed by atoms with Gasteiger partial charge in [0.2, 0.25) is 0 Å². The third-order valence-electron chi connectivity index (χ3n) is 2.34. The summed E-state index contributed by atoms with van der Waals surface area (Å²) in [6, 6.07) is 9.84. The summed E-state index contributed by atoms with van der Waals surface area (Å²) in [5, 5.41) is 0. The number of hydrogen-bond donors (Lipinski definition) is 0. The van der Waals surface area contributed by atoms with E-state index in [4.69, 9.17) is 14.2 Å². The highest BCUT2D eigenvalue weighted by Crippen LogP contribution is 2.26. The maximum atomic E-state index is 10.6. The van der Waals surface area contributed by atoms with E-state index in [0.717, 1.165) is 5.56 Å². The highest BCUT2D eigenvalue weighted by Gasteiger charge is 2.27. The Morgan fingerprint density at radius 3 is 2.88 bits per heavy atom. The lowest BCUT2D eigenvalue weighted by molar-refractivity contribution is -0.155. The van der Waals surface area contributed by atoms with E-state index in [1.54, 1.807) is 0 Å². The molecule has 0 saturated carbocycles. The molecule has 0 aliphatic carbocycles.